The van der Waals surface area contributed by atoms with Crippen LogP contribution < -0.4 is 4.90 Å². The molecule has 0 spiro atoms. The van der Waals surface area contributed by atoms with Crippen molar-refractivity contribution in [1.82, 2.24) is 10.2 Å². The van der Waals surface area contributed by atoms with Gasteiger partial charge in [-0.3, -0.25) is 0 Å². The molecule has 2 rings (SSSR count). The Kier molecular flexibility index (Phi) is 3.56. The van der Waals surface area contributed by atoms with E-state index in [1.807, 2.05) is 6.92 Å². The third-order valence-corrected chi connectivity index (χ3v) is 3.31. The molecule has 5 heteroatoms. The Morgan fingerprint density at radius 3 is 2.82 bits per heavy atom. The number of hydrogen-bond donors (Lipinski definition) is 1. The van der Waals surface area contributed by atoms with E-state index >= 15 is 0 Å². The molecule has 1 aliphatic carbocycles. The highest BCUT2D eigenvalue weighted by Crippen LogP contribution is 2.28. The Labute approximate surface area is 100 Å². The van der Waals surface area contributed by atoms with E-state index in [9.17, 15) is 4.79 Å². The SMILES string of the molecule is CCN(c1nnccc1C(=O)O)C1CCCC1. The van der Waals surface area contributed by atoms with Crippen molar-refractivity contribution in [2.45, 2.75) is 38.6 Å². The van der Waals surface area contributed by atoms with Gasteiger partial charge in [0.05, 0.1) is 6.20 Å². The molecule has 17 heavy (non-hydrogen) atoms. The van der Waals surface area contributed by atoms with Crippen LogP contribution in [0.5, 0.6) is 0 Å². The summed E-state index contributed by atoms with van der Waals surface area (Å²) in [5, 5.41) is 17.0. The minimum Gasteiger partial charge on any atom is -0.478 e. The second kappa shape index (κ2) is 5.12. The first kappa shape index (κ1) is 11.8. The minimum atomic E-state index is -0.939. The van der Waals surface area contributed by atoms with Crippen LogP contribution in [0.15, 0.2) is 12.3 Å². The highest BCUT2D eigenvalue weighted by Gasteiger charge is 2.26. The summed E-state index contributed by atoms with van der Waals surface area (Å²) in [4.78, 5) is 13.2. The van der Waals surface area contributed by atoms with Crippen LogP contribution in [0.4, 0.5) is 5.82 Å². The molecule has 0 aromatic carbocycles. The molecular weight excluding hydrogens is 218 g/mol. The molecule has 1 heterocycles. The Morgan fingerprint density at radius 1 is 1.53 bits per heavy atom. The van der Waals surface area contributed by atoms with Gasteiger partial charge in [-0.05, 0) is 25.8 Å². The summed E-state index contributed by atoms with van der Waals surface area (Å²) >= 11 is 0. The van der Waals surface area contributed by atoms with Gasteiger partial charge in [-0.2, -0.15) is 5.10 Å². The second-order valence-electron chi connectivity index (χ2n) is 4.30. The number of anilines is 1. The second-order valence-corrected chi connectivity index (χ2v) is 4.30. The Bertz CT molecular complexity index is 402. The van der Waals surface area contributed by atoms with Crippen molar-refractivity contribution in [3.05, 3.63) is 17.8 Å². The lowest BCUT2D eigenvalue weighted by atomic mass is 10.2. The Balaban J connectivity index is 2.32. The van der Waals surface area contributed by atoms with Crippen molar-refractivity contribution < 1.29 is 9.90 Å². The fourth-order valence-corrected chi connectivity index (χ4v) is 2.50. The fraction of sp³-hybridized carbons (Fsp3) is 0.583. The van der Waals surface area contributed by atoms with Gasteiger partial charge in [0.1, 0.15) is 5.56 Å². The van der Waals surface area contributed by atoms with Gasteiger partial charge in [-0.25, -0.2) is 4.79 Å². The summed E-state index contributed by atoms with van der Waals surface area (Å²) < 4.78 is 0. The van der Waals surface area contributed by atoms with Crippen LogP contribution in [-0.2, 0) is 0 Å². The largest absolute Gasteiger partial charge is 0.478 e. The number of carboxylic acid groups (broad SMARTS) is 1. The van der Waals surface area contributed by atoms with E-state index in [1.165, 1.54) is 25.1 Å². The van der Waals surface area contributed by atoms with Crippen molar-refractivity contribution in [1.29, 1.82) is 0 Å². The monoisotopic (exact) mass is 235 g/mol. The fourth-order valence-electron chi connectivity index (χ4n) is 2.50. The number of rotatable bonds is 4. The molecule has 1 fully saturated rings. The molecule has 0 amide bonds. The molecule has 0 radical (unpaired) electrons. The smallest absolute Gasteiger partial charge is 0.339 e. The van der Waals surface area contributed by atoms with Gasteiger partial charge in [0.15, 0.2) is 5.82 Å². The molecule has 5 nitrogen and oxygen atoms in total. The molecule has 92 valence electrons. The lowest BCUT2D eigenvalue weighted by Gasteiger charge is -2.29. The van der Waals surface area contributed by atoms with E-state index in [0.717, 1.165) is 19.4 Å². The quantitative estimate of drug-likeness (QED) is 0.863. The molecule has 0 bridgehead atoms. The predicted octanol–water partition coefficient (Wildman–Crippen LogP) is 1.94. The minimum absolute atomic E-state index is 0.244. The van der Waals surface area contributed by atoms with Crippen LogP contribution in [0.3, 0.4) is 0 Å². The molecule has 0 saturated heterocycles. The van der Waals surface area contributed by atoms with Crippen molar-refractivity contribution in [3.63, 3.8) is 0 Å². The first-order chi connectivity index (χ1) is 8.24. The zero-order chi connectivity index (χ0) is 12.3. The number of carboxylic acids is 1. The van der Waals surface area contributed by atoms with Gasteiger partial charge in [0.25, 0.3) is 0 Å². The van der Waals surface area contributed by atoms with E-state index in [2.05, 4.69) is 15.1 Å². The zero-order valence-electron chi connectivity index (χ0n) is 9.96. The normalized spacial score (nSPS) is 16.1. The standard InChI is InChI=1S/C12H17N3O2/c1-2-15(9-5-3-4-6-9)11-10(12(16)17)7-8-13-14-11/h7-9H,2-6H2,1H3,(H,16,17). The number of hydrogen-bond acceptors (Lipinski definition) is 4. The Morgan fingerprint density at radius 2 is 2.24 bits per heavy atom. The summed E-state index contributed by atoms with van der Waals surface area (Å²) in [5.41, 5.74) is 0.244. The molecule has 0 aliphatic heterocycles. The lowest BCUT2D eigenvalue weighted by Crippen LogP contribution is -2.35. The van der Waals surface area contributed by atoms with Gasteiger partial charge >= 0.3 is 5.97 Å². The molecule has 0 unspecified atom stereocenters. The third kappa shape index (κ3) is 2.38. The number of aromatic nitrogens is 2. The van der Waals surface area contributed by atoms with Crippen molar-refractivity contribution in [2.75, 3.05) is 11.4 Å². The van der Waals surface area contributed by atoms with Gasteiger partial charge in [0, 0.05) is 12.6 Å². The predicted molar refractivity (Wildman–Crippen MR) is 64.3 cm³/mol. The third-order valence-electron chi connectivity index (χ3n) is 3.31. The number of aromatic carboxylic acids is 1. The van der Waals surface area contributed by atoms with E-state index < -0.39 is 5.97 Å². The van der Waals surface area contributed by atoms with Crippen LogP contribution in [0.1, 0.15) is 43.0 Å². The van der Waals surface area contributed by atoms with Gasteiger partial charge in [0.2, 0.25) is 0 Å². The summed E-state index contributed by atoms with van der Waals surface area (Å²) in [7, 11) is 0. The van der Waals surface area contributed by atoms with Crippen LogP contribution >= 0.6 is 0 Å². The van der Waals surface area contributed by atoms with E-state index in [-0.39, 0.29) is 5.56 Å². The van der Waals surface area contributed by atoms with Crippen LogP contribution in [0.2, 0.25) is 0 Å². The number of nitrogens with zero attached hydrogens (tertiary/aromatic N) is 3. The molecule has 1 aromatic rings. The van der Waals surface area contributed by atoms with Crippen molar-refractivity contribution >= 4 is 11.8 Å². The molecule has 0 atom stereocenters. The van der Waals surface area contributed by atoms with Crippen LogP contribution in [0.25, 0.3) is 0 Å². The van der Waals surface area contributed by atoms with Crippen molar-refractivity contribution in [3.8, 4) is 0 Å². The summed E-state index contributed by atoms with van der Waals surface area (Å²) in [5.74, 6) is -0.430. The average Bonchev–Trinajstić information content (AvgIpc) is 2.84. The van der Waals surface area contributed by atoms with Gasteiger partial charge in [-0.15, -0.1) is 5.10 Å². The first-order valence-corrected chi connectivity index (χ1v) is 6.05. The van der Waals surface area contributed by atoms with E-state index in [0.29, 0.717) is 11.9 Å². The summed E-state index contributed by atoms with van der Waals surface area (Å²) in [6.45, 7) is 2.79. The molecule has 1 aliphatic rings. The average molecular weight is 235 g/mol. The lowest BCUT2D eigenvalue weighted by molar-refractivity contribution is 0.0697. The molecular formula is C12H17N3O2. The summed E-state index contributed by atoms with van der Waals surface area (Å²) in [6.07, 6.45) is 6.08. The zero-order valence-corrected chi connectivity index (χ0v) is 9.96. The molecule has 1 N–H and O–H groups in total. The first-order valence-electron chi connectivity index (χ1n) is 6.05. The highest BCUT2D eigenvalue weighted by atomic mass is 16.4. The maximum Gasteiger partial charge on any atom is 0.339 e. The maximum atomic E-state index is 11.2. The Hall–Kier alpha value is -1.65. The maximum absolute atomic E-state index is 11.2. The van der Waals surface area contributed by atoms with E-state index in [1.54, 1.807) is 0 Å². The van der Waals surface area contributed by atoms with Crippen LogP contribution in [0, 0.1) is 0 Å². The van der Waals surface area contributed by atoms with Gasteiger partial charge < -0.3 is 10.0 Å². The highest BCUT2D eigenvalue weighted by molar-refractivity contribution is 5.93. The summed E-state index contributed by atoms with van der Waals surface area (Å²) in [6, 6.07) is 1.93. The topological polar surface area (TPSA) is 66.3 Å². The molecule has 1 aromatic heterocycles. The van der Waals surface area contributed by atoms with Gasteiger partial charge in [-0.1, -0.05) is 12.8 Å². The number of carbonyl (C=O) groups is 1. The molecule has 1 saturated carbocycles. The van der Waals surface area contributed by atoms with E-state index in [4.69, 9.17) is 5.11 Å². The van der Waals surface area contributed by atoms with Crippen LogP contribution in [-0.4, -0.2) is 33.9 Å². The van der Waals surface area contributed by atoms with Crippen molar-refractivity contribution in [2.24, 2.45) is 0 Å².